The number of ether oxygens (including phenoxy) is 2. The summed E-state index contributed by atoms with van der Waals surface area (Å²) in [5.41, 5.74) is 1.95. The average molecular weight is 310 g/mol. The fraction of sp³-hybridized carbons (Fsp3) is 0.538. The van der Waals surface area contributed by atoms with Gasteiger partial charge in [0.25, 0.3) is 0 Å². The molecule has 114 valence electrons. The summed E-state index contributed by atoms with van der Waals surface area (Å²) in [6.07, 6.45) is 0.539. The Labute approximate surface area is 126 Å². The van der Waals surface area contributed by atoms with Gasteiger partial charge in [-0.3, -0.25) is 0 Å². The van der Waals surface area contributed by atoms with Gasteiger partial charge in [-0.05, 0) is 13.8 Å². The Morgan fingerprint density at radius 2 is 2.10 bits per heavy atom. The molecule has 8 heteroatoms. The lowest BCUT2D eigenvalue weighted by atomic mass is 10.2. The highest BCUT2D eigenvalue weighted by atomic mass is 32.1. The lowest BCUT2D eigenvalue weighted by molar-refractivity contribution is 0.0592. The number of rotatable bonds is 6. The van der Waals surface area contributed by atoms with Gasteiger partial charge in [-0.15, -0.1) is 16.4 Å². The van der Waals surface area contributed by atoms with Crippen molar-refractivity contribution in [3.63, 3.8) is 0 Å². The summed E-state index contributed by atoms with van der Waals surface area (Å²) in [4.78, 5) is 17.4. The van der Waals surface area contributed by atoms with Crippen LogP contribution in [0, 0.1) is 13.8 Å². The molecule has 0 unspecified atom stereocenters. The molecule has 2 aromatic rings. The molecule has 2 rings (SSSR count). The van der Waals surface area contributed by atoms with Crippen LogP contribution in [0.1, 0.15) is 31.8 Å². The molecule has 2 heterocycles. The van der Waals surface area contributed by atoms with Crippen molar-refractivity contribution in [3.05, 3.63) is 27.0 Å². The number of carbonyl (C=O) groups excluding carboxylic acids is 1. The normalized spacial score (nSPS) is 10.9. The van der Waals surface area contributed by atoms with Crippen LogP contribution in [0.3, 0.4) is 0 Å². The monoisotopic (exact) mass is 310 g/mol. The molecule has 0 aliphatic carbocycles. The van der Waals surface area contributed by atoms with E-state index >= 15 is 0 Å². The number of methoxy groups -OCH3 is 2. The summed E-state index contributed by atoms with van der Waals surface area (Å²) in [7, 11) is 2.94. The van der Waals surface area contributed by atoms with Gasteiger partial charge in [-0.25, -0.2) is 14.5 Å². The van der Waals surface area contributed by atoms with Crippen LogP contribution in [0.15, 0.2) is 0 Å². The predicted molar refractivity (Wildman–Crippen MR) is 77.6 cm³/mol. The molecule has 0 saturated heterocycles. The maximum Gasteiger partial charge on any atom is 0.360 e. The Hall–Kier alpha value is -1.80. The Morgan fingerprint density at radius 3 is 2.67 bits per heavy atom. The summed E-state index contributed by atoms with van der Waals surface area (Å²) < 4.78 is 11.5. The maximum atomic E-state index is 11.7. The average Bonchev–Trinajstić information content (AvgIpc) is 3.00. The number of aromatic nitrogens is 4. The van der Waals surface area contributed by atoms with Gasteiger partial charge in [0, 0.05) is 18.4 Å². The Morgan fingerprint density at radius 1 is 1.33 bits per heavy atom. The van der Waals surface area contributed by atoms with E-state index in [1.807, 2.05) is 13.8 Å². The second-order valence-electron chi connectivity index (χ2n) is 4.53. The van der Waals surface area contributed by atoms with Crippen LogP contribution >= 0.6 is 11.3 Å². The molecular weight excluding hydrogens is 292 g/mol. The highest BCUT2D eigenvalue weighted by molar-refractivity contribution is 7.11. The second-order valence-corrected chi connectivity index (χ2v) is 5.81. The minimum absolute atomic E-state index is 0.236. The quantitative estimate of drug-likeness (QED) is 0.750. The third-order valence-corrected chi connectivity index (χ3v) is 4.17. The first-order chi connectivity index (χ1) is 10.1. The third kappa shape index (κ3) is 3.45. The van der Waals surface area contributed by atoms with Gasteiger partial charge in [0.2, 0.25) is 0 Å². The summed E-state index contributed by atoms with van der Waals surface area (Å²) >= 11 is 1.62. The van der Waals surface area contributed by atoms with Crippen LogP contribution in [-0.2, 0) is 22.4 Å². The van der Waals surface area contributed by atoms with Crippen LogP contribution in [0.5, 0.6) is 0 Å². The zero-order valence-corrected chi connectivity index (χ0v) is 13.4. The lowest BCUT2D eigenvalue weighted by Crippen LogP contribution is -2.12. The van der Waals surface area contributed by atoms with Crippen molar-refractivity contribution in [1.29, 1.82) is 0 Å². The van der Waals surface area contributed by atoms with Crippen molar-refractivity contribution in [1.82, 2.24) is 20.0 Å². The minimum atomic E-state index is -0.487. The standard InChI is InChI=1S/C13H18N4O3S/c1-8-9(2)21-11(14-8)7-17-10(5-6-19-3)12(15-16-17)13(18)20-4/h5-7H2,1-4H3. The van der Waals surface area contributed by atoms with Crippen LogP contribution in [0.2, 0.25) is 0 Å². The first kappa shape index (κ1) is 15.6. The number of aryl methyl sites for hydroxylation is 2. The highest BCUT2D eigenvalue weighted by Crippen LogP contribution is 2.18. The Kier molecular flexibility index (Phi) is 5.03. The van der Waals surface area contributed by atoms with Crippen molar-refractivity contribution in [3.8, 4) is 0 Å². The predicted octanol–water partition coefficient (Wildman–Crippen LogP) is 1.38. The van der Waals surface area contributed by atoms with E-state index in [9.17, 15) is 4.79 Å². The highest BCUT2D eigenvalue weighted by Gasteiger charge is 2.20. The molecule has 0 N–H and O–H groups in total. The fourth-order valence-electron chi connectivity index (χ4n) is 1.90. The molecule has 0 radical (unpaired) electrons. The van der Waals surface area contributed by atoms with Crippen molar-refractivity contribution in [2.45, 2.75) is 26.8 Å². The minimum Gasteiger partial charge on any atom is -0.464 e. The second kappa shape index (κ2) is 6.77. The van der Waals surface area contributed by atoms with E-state index < -0.39 is 5.97 Å². The SMILES string of the molecule is COCCc1c(C(=O)OC)nnn1Cc1nc(C)c(C)s1. The maximum absolute atomic E-state index is 11.7. The molecule has 7 nitrogen and oxygen atoms in total. The van der Waals surface area contributed by atoms with E-state index in [0.29, 0.717) is 25.3 Å². The summed E-state index contributed by atoms with van der Waals surface area (Å²) in [6, 6.07) is 0. The largest absolute Gasteiger partial charge is 0.464 e. The van der Waals surface area contributed by atoms with Crippen LogP contribution < -0.4 is 0 Å². The molecule has 0 spiro atoms. The van der Waals surface area contributed by atoms with E-state index in [2.05, 4.69) is 15.3 Å². The topological polar surface area (TPSA) is 79.1 Å². The lowest BCUT2D eigenvalue weighted by Gasteiger charge is -2.05. The molecule has 0 saturated carbocycles. The van der Waals surface area contributed by atoms with E-state index in [1.54, 1.807) is 23.1 Å². The summed E-state index contributed by atoms with van der Waals surface area (Å²) in [5.74, 6) is -0.487. The number of carbonyl (C=O) groups is 1. The molecule has 0 bridgehead atoms. The number of thiazole rings is 1. The van der Waals surface area contributed by atoms with Crippen molar-refractivity contribution in [2.75, 3.05) is 20.8 Å². The number of esters is 1. The first-order valence-corrected chi connectivity index (χ1v) is 7.31. The van der Waals surface area contributed by atoms with Gasteiger partial charge < -0.3 is 9.47 Å². The van der Waals surface area contributed by atoms with E-state index in [4.69, 9.17) is 9.47 Å². The van der Waals surface area contributed by atoms with Gasteiger partial charge in [0.1, 0.15) is 5.01 Å². The van der Waals surface area contributed by atoms with Crippen molar-refractivity contribution in [2.24, 2.45) is 0 Å². The molecule has 21 heavy (non-hydrogen) atoms. The molecule has 0 fully saturated rings. The van der Waals surface area contributed by atoms with E-state index in [0.717, 1.165) is 10.7 Å². The van der Waals surface area contributed by atoms with Crippen molar-refractivity contribution >= 4 is 17.3 Å². The molecule has 0 atom stereocenters. The smallest absolute Gasteiger partial charge is 0.360 e. The van der Waals surface area contributed by atoms with Gasteiger partial charge in [0.05, 0.1) is 31.6 Å². The molecule has 2 aromatic heterocycles. The number of hydrogen-bond donors (Lipinski definition) is 0. The third-order valence-electron chi connectivity index (χ3n) is 3.12. The first-order valence-electron chi connectivity index (χ1n) is 6.49. The molecular formula is C13H18N4O3S. The van der Waals surface area contributed by atoms with E-state index in [-0.39, 0.29) is 5.69 Å². The zero-order valence-electron chi connectivity index (χ0n) is 12.5. The van der Waals surface area contributed by atoms with Gasteiger partial charge >= 0.3 is 5.97 Å². The Bertz CT molecular complexity index is 616. The van der Waals surface area contributed by atoms with E-state index in [1.165, 1.54) is 12.0 Å². The van der Waals surface area contributed by atoms with Gasteiger partial charge in [0.15, 0.2) is 5.69 Å². The molecule has 0 aliphatic rings. The Balaban J connectivity index is 2.29. The number of nitrogens with zero attached hydrogens (tertiary/aromatic N) is 4. The van der Waals surface area contributed by atoms with Crippen LogP contribution in [0.25, 0.3) is 0 Å². The summed E-state index contributed by atoms with van der Waals surface area (Å²) in [6.45, 7) is 4.97. The van der Waals surface area contributed by atoms with Crippen molar-refractivity contribution < 1.29 is 14.3 Å². The summed E-state index contributed by atoms with van der Waals surface area (Å²) in [5, 5.41) is 8.91. The van der Waals surface area contributed by atoms with Gasteiger partial charge in [-0.1, -0.05) is 5.21 Å². The van der Waals surface area contributed by atoms with Crippen LogP contribution in [0.4, 0.5) is 0 Å². The van der Waals surface area contributed by atoms with Crippen LogP contribution in [-0.4, -0.2) is 46.8 Å². The zero-order chi connectivity index (χ0) is 15.4. The molecule has 0 amide bonds. The number of hydrogen-bond acceptors (Lipinski definition) is 7. The fourth-order valence-corrected chi connectivity index (χ4v) is 2.81. The van der Waals surface area contributed by atoms with Gasteiger partial charge in [-0.2, -0.15) is 0 Å². The molecule has 0 aliphatic heterocycles. The molecule has 0 aromatic carbocycles.